The summed E-state index contributed by atoms with van der Waals surface area (Å²) in [7, 11) is 1.77. The highest BCUT2D eigenvalue weighted by molar-refractivity contribution is 5.98. The molecule has 3 heteroatoms. The van der Waals surface area contributed by atoms with Crippen LogP contribution in [0.3, 0.4) is 0 Å². The Morgan fingerprint density at radius 2 is 2.00 bits per heavy atom. The van der Waals surface area contributed by atoms with Gasteiger partial charge in [0.15, 0.2) is 0 Å². The van der Waals surface area contributed by atoms with Crippen LogP contribution in [0.5, 0.6) is 0 Å². The van der Waals surface area contributed by atoms with Gasteiger partial charge in [-0.05, 0) is 25.5 Å². The third kappa shape index (κ3) is 2.48. The molecule has 1 saturated heterocycles. The Hall–Kier alpha value is -2.05. The number of anilines is 1. The molecule has 2 atom stereocenters. The molecule has 1 aliphatic rings. The summed E-state index contributed by atoms with van der Waals surface area (Å²) in [5.74, 6) is 0.583. The molecule has 1 aliphatic heterocycles. The second-order valence-electron chi connectivity index (χ2n) is 5.85. The number of fused-ring (bicyclic) bond motifs is 1. The van der Waals surface area contributed by atoms with Crippen LogP contribution >= 0.6 is 0 Å². The molecule has 0 radical (unpaired) electrons. The molecule has 0 amide bonds. The van der Waals surface area contributed by atoms with Gasteiger partial charge in [-0.3, -0.25) is 0 Å². The van der Waals surface area contributed by atoms with Gasteiger partial charge in [0.05, 0.1) is 18.2 Å². The van der Waals surface area contributed by atoms with Gasteiger partial charge in [-0.15, -0.1) is 0 Å². The quantitative estimate of drug-likeness (QED) is 0.862. The van der Waals surface area contributed by atoms with E-state index in [1.54, 1.807) is 7.11 Å². The number of methoxy groups -OCH3 is 1. The Balaban J connectivity index is 2.04. The maximum absolute atomic E-state index is 9.28. The van der Waals surface area contributed by atoms with E-state index in [-0.39, 0.29) is 0 Å². The normalized spacial score (nSPS) is 21.7. The summed E-state index contributed by atoms with van der Waals surface area (Å²) < 4.78 is 5.31. The summed E-state index contributed by atoms with van der Waals surface area (Å²) in [6, 6.07) is 15.0. The molecule has 3 nitrogen and oxygen atoms in total. The van der Waals surface area contributed by atoms with Crippen molar-refractivity contribution in [2.75, 3.05) is 25.2 Å². The van der Waals surface area contributed by atoms with E-state index in [0.29, 0.717) is 12.0 Å². The van der Waals surface area contributed by atoms with E-state index in [4.69, 9.17) is 4.74 Å². The first-order chi connectivity index (χ1) is 10.2. The molecule has 2 aromatic rings. The first-order valence-electron chi connectivity index (χ1n) is 7.42. The summed E-state index contributed by atoms with van der Waals surface area (Å²) in [4.78, 5) is 2.45. The number of ether oxygens (including phenoxy) is 1. The van der Waals surface area contributed by atoms with E-state index < -0.39 is 0 Å². The smallest absolute Gasteiger partial charge is 0.0998 e. The van der Waals surface area contributed by atoms with Crippen molar-refractivity contribution in [1.82, 2.24) is 0 Å². The Labute approximate surface area is 125 Å². The summed E-state index contributed by atoms with van der Waals surface area (Å²) in [6.45, 7) is 4.10. The average molecular weight is 280 g/mol. The van der Waals surface area contributed by atoms with Gasteiger partial charge in [0.2, 0.25) is 0 Å². The number of rotatable bonds is 3. The summed E-state index contributed by atoms with van der Waals surface area (Å²) in [5, 5.41) is 11.5. The van der Waals surface area contributed by atoms with E-state index in [1.807, 2.05) is 24.3 Å². The van der Waals surface area contributed by atoms with E-state index >= 15 is 0 Å². The Kier molecular flexibility index (Phi) is 3.81. The summed E-state index contributed by atoms with van der Waals surface area (Å²) >= 11 is 0. The average Bonchev–Trinajstić information content (AvgIpc) is 2.87. The van der Waals surface area contributed by atoms with Crippen LogP contribution < -0.4 is 4.90 Å². The third-order valence-corrected chi connectivity index (χ3v) is 4.39. The maximum Gasteiger partial charge on any atom is 0.0998 e. The number of nitriles is 1. The Morgan fingerprint density at radius 3 is 2.71 bits per heavy atom. The Morgan fingerprint density at radius 1 is 1.24 bits per heavy atom. The van der Waals surface area contributed by atoms with Gasteiger partial charge in [0.25, 0.3) is 0 Å². The summed E-state index contributed by atoms with van der Waals surface area (Å²) in [6.07, 6.45) is 1.15. The monoisotopic (exact) mass is 280 g/mol. The lowest BCUT2D eigenvalue weighted by atomic mass is 10.0. The number of hydrogen-bond acceptors (Lipinski definition) is 3. The predicted octanol–water partition coefficient (Wildman–Crippen LogP) is 3.57. The fourth-order valence-electron chi connectivity index (χ4n) is 3.47. The number of hydrogen-bond donors (Lipinski definition) is 0. The van der Waals surface area contributed by atoms with Crippen LogP contribution in [0.25, 0.3) is 10.8 Å². The zero-order valence-electron chi connectivity index (χ0n) is 12.5. The zero-order chi connectivity index (χ0) is 14.8. The lowest BCUT2D eigenvalue weighted by Crippen LogP contribution is -2.27. The second-order valence-corrected chi connectivity index (χ2v) is 5.85. The molecule has 1 fully saturated rings. The molecule has 0 aromatic heterocycles. The molecular weight excluding hydrogens is 260 g/mol. The van der Waals surface area contributed by atoms with Crippen molar-refractivity contribution >= 4 is 16.5 Å². The fraction of sp³-hybridized carbons (Fsp3) is 0.389. The van der Waals surface area contributed by atoms with Crippen molar-refractivity contribution < 1.29 is 4.74 Å². The molecule has 2 aromatic carbocycles. The Bertz CT molecular complexity index is 689. The topological polar surface area (TPSA) is 36.3 Å². The molecule has 2 unspecified atom stereocenters. The second kappa shape index (κ2) is 5.75. The lowest BCUT2D eigenvalue weighted by molar-refractivity contribution is 0.159. The first-order valence-corrected chi connectivity index (χ1v) is 7.42. The molecule has 0 bridgehead atoms. The third-order valence-electron chi connectivity index (χ3n) is 4.39. The van der Waals surface area contributed by atoms with Crippen LogP contribution in [-0.4, -0.2) is 26.3 Å². The standard InChI is InChI=1S/C18H20N2O/c1-13-9-14(12-21-2)11-20(13)18-8-7-15(10-19)16-5-3-4-6-17(16)18/h3-8,13-14H,9,11-12H2,1-2H3. The maximum atomic E-state index is 9.28. The van der Waals surface area contributed by atoms with Gasteiger partial charge in [-0.25, -0.2) is 0 Å². The van der Waals surface area contributed by atoms with Crippen LogP contribution in [0.15, 0.2) is 36.4 Å². The SMILES string of the molecule is COCC1CC(C)N(c2ccc(C#N)c3ccccc23)C1. The molecule has 0 saturated carbocycles. The van der Waals surface area contributed by atoms with Crippen molar-refractivity contribution in [3.63, 3.8) is 0 Å². The zero-order valence-corrected chi connectivity index (χ0v) is 12.5. The van der Waals surface area contributed by atoms with Crippen molar-refractivity contribution in [2.45, 2.75) is 19.4 Å². The van der Waals surface area contributed by atoms with Gasteiger partial charge >= 0.3 is 0 Å². The van der Waals surface area contributed by atoms with Gasteiger partial charge in [0.1, 0.15) is 0 Å². The van der Waals surface area contributed by atoms with E-state index in [9.17, 15) is 5.26 Å². The highest BCUT2D eigenvalue weighted by Gasteiger charge is 2.30. The summed E-state index contributed by atoms with van der Waals surface area (Å²) in [5.41, 5.74) is 1.98. The lowest BCUT2D eigenvalue weighted by Gasteiger charge is -2.25. The highest BCUT2D eigenvalue weighted by Crippen LogP contribution is 2.35. The van der Waals surface area contributed by atoms with Crippen LogP contribution in [0.4, 0.5) is 5.69 Å². The number of benzene rings is 2. The minimum Gasteiger partial charge on any atom is -0.384 e. The van der Waals surface area contributed by atoms with Crippen molar-refractivity contribution in [3.05, 3.63) is 42.0 Å². The predicted molar refractivity (Wildman–Crippen MR) is 85.5 cm³/mol. The fourth-order valence-corrected chi connectivity index (χ4v) is 3.47. The molecule has 0 aliphatic carbocycles. The highest BCUT2D eigenvalue weighted by atomic mass is 16.5. The minimum atomic E-state index is 0.501. The van der Waals surface area contributed by atoms with Crippen LogP contribution in [0.1, 0.15) is 18.9 Å². The van der Waals surface area contributed by atoms with E-state index in [0.717, 1.165) is 30.5 Å². The molecule has 1 heterocycles. The molecule has 108 valence electrons. The largest absolute Gasteiger partial charge is 0.384 e. The van der Waals surface area contributed by atoms with E-state index in [1.165, 1.54) is 11.1 Å². The van der Waals surface area contributed by atoms with Gasteiger partial charge in [0, 0.05) is 42.1 Å². The van der Waals surface area contributed by atoms with Crippen molar-refractivity contribution in [3.8, 4) is 6.07 Å². The molecule has 0 spiro atoms. The van der Waals surface area contributed by atoms with Crippen LogP contribution in [0.2, 0.25) is 0 Å². The van der Waals surface area contributed by atoms with Crippen molar-refractivity contribution in [2.24, 2.45) is 5.92 Å². The van der Waals surface area contributed by atoms with Gasteiger partial charge in [-0.1, -0.05) is 24.3 Å². The van der Waals surface area contributed by atoms with E-state index in [2.05, 4.69) is 30.0 Å². The molecule has 3 rings (SSSR count). The van der Waals surface area contributed by atoms with Gasteiger partial charge in [-0.2, -0.15) is 5.26 Å². The molecule has 21 heavy (non-hydrogen) atoms. The van der Waals surface area contributed by atoms with Crippen molar-refractivity contribution in [1.29, 1.82) is 5.26 Å². The first kappa shape index (κ1) is 13.9. The van der Waals surface area contributed by atoms with Gasteiger partial charge < -0.3 is 9.64 Å². The minimum absolute atomic E-state index is 0.501. The van der Waals surface area contributed by atoms with Crippen LogP contribution in [-0.2, 0) is 4.74 Å². The van der Waals surface area contributed by atoms with Crippen LogP contribution in [0, 0.1) is 17.2 Å². The molecule has 0 N–H and O–H groups in total. The number of nitrogens with zero attached hydrogens (tertiary/aromatic N) is 2. The molecular formula is C18H20N2O.